The van der Waals surface area contributed by atoms with Gasteiger partial charge in [-0.3, -0.25) is 20.8 Å². The standard InChI is InChI=1S/C12H16N4O4/c13-15-10-4-3-8(6-11(10)16(18)19)12(17)14-9-2-1-5-20-7-9/h3-4,6,9,15H,1-2,5,7,13H2,(H,14,17). The van der Waals surface area contributed by atoms with Gasteiger partial charge < -0.3 is 15.5 Å². The molecule has 1 aromatic carbocycles. The molecule has 0 saturated carbocycles. The van der Waals surface area contributed by atoms with Crippen LogP contribution in [0.1, 0.15) is 23.2 Å². The van der Waals surface area contributed by atoms with Gasteiger partial charge >= 0.3 is 0 Å². The summed E-state index contributed by atoms with van der Waals surface area (Å²) in [5.74, 6) is 4.84. The molecule has 0 radical (unpaired) electrons. The first-order valence-electron chi connectivity index (χ1n) is 6.25. The van der Waals surface area contributed by atoms with Crippen LogP contribution >= 0.6 is 0 Å². The zero-order valence-corrected chi connectivity index (χ0v) is 10.8. The summed E-state index contributed by atoms with van der Waals surface area (Å²) in [6, 6.07) is 4.04. The Labute approximate surface area is 115 Å². The predicted octanol–water partition coefficient (Wildman–Crippen LogP) is 0.789. The van der Waals surface area contributed by atoms with E-state index in [1.165, 1.54) is 18.2 Å². The Hall–Kier alpha value is -2.19. The molecule has 1 aliphatic rings. The van der Waals surface area contributed by atoms with Gasteiger partial charge in [-0.05, 0) is 25.0 Å². The zero-order valence-electron chi connectivity index (χ0n) is 10.8. The largest absolute Gasteiger partial charge is 0.379 e. The molecule has 1 aliphatic heterocycles. The number of carbonyl (C=O) groups is 1. The average Bonchev–Trinajstić information content (AvgIpc) is 2.47. The number of nitro benzene ring substituents is 1. The van der Waals surface area contributed by atoms with E-state index in [-0.39, 0.29) is 28.9 Å². The highest BCUT2D eigenvalue weighted by Gasteiger charge is 2.20. The number of anilines is 1. The second kappa shape index (κ2) is 6.31. The maximum atomic E-state index is 12.0. The fourth-order valence-corrected chi connectivity index (χ4v) is 2.07. The number of hydrazine groups is 1. The van der Waals surface area contributed by atoms with Crippen molar-refractivity contribution in [2.75, 3.05) is 18.6 Å². The summed E-state index contributed by atoms with van der Waals surface area (Å²) in [5.41, 5.74) is 2.38. The molecule has 2 rings (SSSR count). The van der Waals surface area contributed by atoms with E-state index < -0.39 is 4.92 Å². The summed E-state index contributed by atoms with van der Waals surface area (Å²) >= 11 is 0. The first-order valence-corrected chi connectivity index (χ1v) is 6.25. The summed E-state index contributed by atoms with van der Waals surface area (Å²) in [6.45, 7) is 1.17. The molecule has 1 saturated heterocycles. The molecule has 1 aromatic rings. The molecule has 0 aliphatic carbocycles. The molecule has 20 heavy (non-hydrogen) atoms. The highest BCUT2D eigenvalue weighted by Crippen LogP contribution is 2.24. The Kier molecular flexibility index (Phi) is 4.49. The molecule has 1 fully saturated rings. The van der Waals surface area contributed by atoms with E-state index in [2.05, 4.69) is 10.7 Å². The number of amides is 1. The van der Waals surface area contributed by atoms with Gasteiger partial charge in [-0.15, -0.1) is 0 Å². The normalized spacial score (nSPS) is 18.4. The SMILES string of the molecule is NNc1ccc(C(=O)NC2CCCOC2)cc1[N+](=O)[O-]. The molecule has 1 unspecified atom stereocenters. The van der Waals surface area contributed by atoms with Crippen molar-refractivity contribution in [3.05, 3.63) is 33.9 Å². The molecule has 8 heteroatoms. The van der Waals surface area contributed by atoms with E-state index >= 15 is 0 Å². The number of ether oxygens (including phenoxy) is 1. The minimum Gasteiger partial charge on any atom is -0.379 e. The molecule has 1 atom stereocenters. The van der Waals surface area contributed by atoms with Crippen LogP contribution in [0, 0.1) is 10.1 Å². The lowest BCUT2D eigenvalue weighted by molar-refractivity contribution is -0.384. The van der Waals surface area contributed by atoms with Crippen LogP contribution in [0.2, 0.25) is 0 Å². The second-order valence-corrected chi connectivity index (χ2v) is 4.52. The minimum absolute atomic E-state index is 0.0531. The van der Waals surface area contributed by atoms with Crippen molar-refractivity contribution >= 4 is 17.3 Å². The van der Waals surface area contributed by atoms with E-state index in [0.29, 0.717) is 13.2 Å². The van der Waals surface area contributed by atoms with Gasteiger partial charge in [-0.2, -0.15) is 0 Å². The third-order valence-electron chi connectivity index (χ3n) is 3.11. The van der Waals surface area contributed by atoms with Crippen molar-refractivity contribution in [3.63, 3.8) is 0 Å². The molecule has 0 spiro atoms. The number of nitrogen functional groups attached to an aromatic ring is 1. The van der Waals surface area contributed by atoms with E-state index in [1.807, 2.05) is 0 Å². The number of carbonyl (C=O) groups excluding carboxylic acids is 1. The first kappa shape index (κ1) is 14.2. The molecule has 1 amide bonds. The molecular formula is C12H16N4O4. The van der Waals surface area contributed by atoms with Gasteiger partial charge in [0.25, 0.3) is 11.6 Å². The minimum atomic E-state index is -0.588. The maximum Gasteiger partial charge on any atom is 0.294 e. The number of nitrogens with one attached hydrogen (secondary N) is 2. The summed E-state index contributed by atoms with van der Waals surface area (Å²) in [5, 5.41) is 13.7. The maximum absolute atomic E-state index is 12.0. The van der Waals surface area contributed by atoms with Crippen molar-refractivity contribution in [2.45, 2.75) is 18.9 Å². The van der Waals surface area contributed by atoms with Crippen LogP contribution in [-0.4, -0.2) is 30.1 Å². The third-order valence-corrected chi connectivity index (χ3v) is 3.11. The van der Waals surface area contributed by atoms with Gasteiger partial charge in [0.15, 0.2) is 0 Å². The fraction of sp³-hybridized carbons (Fsp3) is 0.417. The lowest BCUT2D eigenvalue weighted by Gasteiger charge is -2.23. The number of rotatable bonds is 4. The third kappa shape index (κ3) is 3.22. The van der Waals surface area contributed by atoms with Gasteiger partial charge in [0.2, 0.25) is 0 Å². The van der Waals surface area contributed by atoms with Crippen molar-refractivity contribution in [1.29, 1.82) is 0 Å². The van der Waals surface area contributed by atoms with E-state index in [9.17, 15) is 14.9 Å². The van der Waals surface area contributed by atoms with Crippen LogP contribution in [0.15, 0.2) is 18.2 Å². The summed E-state index contributed by atoms with van der Waals surface area (Å²) in [4.78, 5) is 22.4. The first-order chi connectivity index (χ1) is 9.61. The van der Waals surface area contributed by atoms with Gasteiger partial charge in [0.1, 0.15) is 5.69 Å². The quantitative estimate of drug-likeness (QED) is 0.426. The number of nitrogens with zero attached hydrogens (tertiary/aromatic N) is 1. The molecule has 0 bridgehead atoms. The van der Waals surface area contributed by atoms with Crippen LogP contribution < -0.4 is 16.6 Å². The lowest BCUT2D eigenvalue weighted by Crippen LogP contribution is -2.40. The van der Waals surface area contributed by atoms with Crippen molar-refractivity contribution in [3.8, 4) is 0 Å². The smallest absolute Gasteiger partial charge is 0.294 e. The topological polar surface area (TPSA) is 120 Å². The Morgan fingerprint density at radius 1 is 1.50 bits per heavy atom. The molecule has 108 valence electrons. The average molecular weight is 280 g/mol. The van der Waals surface area contributed by atoms with Crippen LogP contribution in [0.4, 0.5) is 11.4 Å². The number of hydrogen-bond donors (Lipinski definition) is 3. The van der Waals surface area contributed by atoms with Crippen LogP contribution in [0.5, 0.6) is 0 Å². The number of hydrogen-bond acceptors (Lipinski definition) is 6. The predicted molar refractivity (Wildman–Crippen MR) is 72.2 cm³/mol. The Balaban J connectivity index is 2.13. The number of nitro groups is 1. The zero-order chi connectivity index (χ0) is 14.5. The van der Waals surface area contributed by atoms with Gasteiger partial charge in [-0.25, -0.2) is 0 Å². The Morgan fingerprint density at radius 3 is 2.90 bits per heavy atom. The van der Waals surface area contributed by atoms with Gasteiger partial charge in [0.05, 0.1) is 17.6 Å². The van der Waals surface area contributed by atoms with Crippen molar-refractivity contribution in [2.24, 2.45) is 5.84 Å². The second-order valence-electron chi connectivity index (χ2n) is 4.52. The van der Waals surface area contributed by atoms with Crippen molar-refractivity contribution < 1.29 is 14.5 Å². The number of nitrogens with two attached hydrogens (primary N) is 1. The number of benzene rings is 1. The van der Waals surface area contributed by atoms with Crippen LogP contribution in [0.25, 0.3) is 0 Å². The Morgan fingerprint density at radius 2 is 2.30 bits per heavy atom. The molecule has 0 aromatic heterocycles. The summed E-state index contributed by atoms with van der Waals surface area (Å²) < 4.78 is 5.27. The van der Waals surface area contributed by atoms with E-state index in [4.69, 9.17) is 10.6 Å². The molecule has 4 N–H and O–H groups in total. The van der Waals surface area contributed by atoms with E-state index in [0.717, 1.165) is 12.8 Å². The van der Waals surface area contributed by atoms with Gasteiger partial charge in [-0.1, -0.05) is 0 Å². The molecule has 8 nitrogen and oxygen atoms in total. The summed E-state index contributed by atoms with van der Waals surface area (Å²) in [7, 11) is 0. The Bertz CT molecular complexity index is 514. The van der Waals surface area contributed by atoms with Gasteiger partial charge in [0, 0.05) is 18.2 Å². The molecule has 1 heterocycles. The molecular weight excluding hydrogens is 264 g/mol. The monoisotopic (exact) mass is 280 g/mol. The van der Waals surface area contributed by atoms with Crippen LogP contribution in [-0.2, 0) is 4.74 Å². The highest BCUT2D eigenvalue weighted by atomic mass is 16.6. The van der Waals surface area contributed by atoms with Crippen molar-refractivity contribution in [1.82, 2.24) is 5.32 Å². The van der Waals surface area contributed by atoms with E-state index in [1.54, 1.807) is 0 Å². The lowest BCUT2D eigenvalue weighted by atomic mass is 10.1. The summed E-state index contributed by atoms with van der Waals surface area (Å²) in [6.07, 6.45) is 1.73. The fourth-order valence-electron chi connectivity index (χ4n) is 2.07. The highest BCUT2D eigenvalue weighted by molar-refractivity contribution is 5.95. The van der Waals surface area contributed by atoms with Crippen LogP contribution in [0.3, 0.4) is 0 Å².